The van der Waals surface area contributed by atoms with Crippen molar-refractivity contribution in [2.24, 2.45) is 0 Å². The fourth-order valence-corrected chi connectivity index (χ4v) is 1.33. The quantitative estimate of drug-likeness (QED) is 0.712. The predicted octanol–water partition coefficient (Wildman–Crippen LogP) is 3.18. The molecule has 1 aromatic rings. The van der Waals surface area contributed by atoms with E-state index in [4.69, 9.17) is 9.47 Å². The molecule has 0 aliphatic rings. The van der Waals surface area contributed by atoms with Gasteiger partial charge >= 0.3 is 5.97 Å². The molecule has 3 heteroatoms. The normalized spacial score (nSPS) is 10.6. The van der Waals surface area contributed by atoms with Crippen LogP contribution in [0, 0.1) is 0 Å². The third kappa shape index (κ3) is 5.00. The first-order chi connectivity index (χ1) is 8.13. The van der Waals surface area contributed by atoms with Crippen LogP contribution in [-0.4, -0.2) is 18.7 Å². The van der Waals surface area contributed by atoms with Crippen LogP contribution in [-0.2, 0) is 16.1 Å². The molecule has 0 unspecified atom stereocenters. The lowest BCUT2D eigenvalue weighted by atomic mass is 10.1. The molecule has 0 saturated carbocycles. The summed E-state index contributed by atoms with van der Waals surface area (Å²) in [5, 5.41) is 0. The van der Waals surface area contributed by atoms with Crippen LogP contribution >= 0.6 is 0 Å². The number of carbonyl (C=O) groups excluding carboxylic acids is 1. The first-order valence-corrected chi connectivity index (χ1v) is 6.01. The highest BCUT2D eigenvalue weighted by atomic mass is 16.5. The lowest BCUT2D eigenvalue weighted by Crippen LogP contribution is -2.07. The van der Waals surface area contributed by atoms with E-state index in [0.717, 1.165) is 12.0 Å². The summed E-state index contributed by atoms with van der Waals surface area (Å²) < 4.78 is 10.6. The molecule has 0 aliphatic carbocycles. The van der Waals surface area contributed by atoms with E-state index in [2.05, 4.69) is 0 Å². The van der Waals surface area contributed by atoms with E-state index in [9.17, 15) is 4.79 Å². The molecular formula is C14H20O3. The lowest BCUT2D eigenvalue weighted by Gasteiger charge is -2.08. The summed E-state index contributed by atoms with van der Waals surface area (Å²) in [5.74, 6) is -0.266. The summed E-state index contributed by atoms with van der Waals surface area (Å²) in [6.45, 7) is 6.93. The van der Waals surface area contributed by atoms with Crippen molar-refractivity contribution < 1.29 is 14.3 Å². The number of benzene rings is 1. The van der Waals surface area contributed by atoms with Gasteiger partial charge in [0.1, 0.15) is 0 Å². The van der Waals surface area contributed by atoms with Crippen molar-refractivity contribution in [1.29, 1.82) is 0 Å². The number of esters is 1. The highest BCUT2D eigenvalue weighted by molar-refractivity contribution is 5.89. The Labute approximate surface area is 103 Å². The van der Waals surface area contributed by atoms with Crippen LogP contribution in [0.1, 0.15) is 43.1 Å². The molecule has 0 N–H and O–H groups in total. The van der Waals surface area contributed by atoms with E-state index in [-0.39, 0.29) is 12.1 Å². The topological polar surface area (TPSA) is 35.5 Å². The maximum atomic E-state index is 11.6. The highest BCUT2D eigenvalue weighted by Crippen LogP contribution is 2.09. The fraction of sp³-hybridized carbons (Fsp3) is 0.500. The van der Waals surface area contributed by atoms with Crippen molar-refractivity contribution in [2.75, 3.05) is 6.61 Å². The molecule has 0 aliphatic heterocycles. The minimum atomic E-state index is -0.266. The van der Waals surface area contributed by atoms with Crippen LogP contribution in [0.15, 0.2) is 24.3 Å². The number of hydrogen-bond donors (Lipinski definition) is 0. The number of hydrogen-bond acceptors (Lipinski definition) is 3. The van der Waals surface area contributed by atoms with E-state index >= 15 is 0 Å². The van der Waals surface area contributed by atoms with Gasteiger partial charge in [0.25, 0.3) is 0 Å². The van der Waals surface area contributed by atoms with Gasteiger partial charge in [-0.05, 0) is 38.0 Å². The average Bonchev–Trinajstić information content (AvgIpc) is 2.33. The second-order valence-corrected chi connectivity index (χ2v) is 4.20. The Hall–Kier alpha value is -1.35. The van der Waals surface area contributed by atoms with Gasteiger partial charge in [-0.25, -0.2) is 4.79 Å². The second kappa shape index (κ2) is 7.07. The van der Waals surface area contributed by atoms with E-state index in [1.54, 1.807) is 6.07 Å². The van der Waals surface area contributed by atoms with E-state index in [1.807, 2.05) is 39.0 Å². The number of carbonyl (C=O) groups is 1. The first-order valence-electron chi connectivity index (χ1n) is 6.01. The van der Waals surface area contributed by atoms with Crippen LogP contribution in [0.3, 0.4) is 0 Å². The van der Waals surface area contributed by atoms with Gasteiger partial charge in [0, 0.05) is 0 Å². The second-order valence-electron chi connectivity index (χ2n) is 4.20. The zero-order valence-corrected chi connectivity index (χ0v) is 10.7. The van der Waals surface area contributed by atoms with Crippen molar-refractivity contribution in [1.82, 2.24) is 0 Å². The summed E-state index contributed by atoms with van der Waals surface area (Å²) in [7, 11) is 0. The molecule has 1 aromatic carbocycles. The molecule has 0 spiro atoms. The smallest absolute Gasteiger partial charge is 0.338 e. The summed E-state index contributed by atoms with van der Waals surface area (Å²) in [5.41, 5.74) is 1.58. The molecule has 0 bridgehead atoms. The Bertz CT molecular complexity index is 358. The molecule has 0 aromatic heterocycles. The minimum absolute atomic E-state index is 0.186. The van der Waals surface area contributed by atoms with E-state index in [0.29, 0.717) is 18.8 Å². The molecule has 1 rings (SSSR count). The average molecular weight is 236 g/mol. The molecule has 17 heavy (non-hydrogen) atoms. The number of rotatable bonds is 6. The van der Waals surface area contributed by atoms with Gasteiger partial charge in [0.15, 0.2) is 0 Å². The third-order valence-corrected chi connectivity index (χ3v) is 2.18. The standard InChI is InChI=1S/C14H20O3/c1-4-8-16-14(15)13-7-5-6-12(9-13)10-17-11(2)3/h5-7,9,11H,4,8,10H2,1-3H3. The minimum Gasteiger partial charge on any atom is -0.462 e. The van der Waals surface area contributed by atoms with Crippen molar-refractivity contribution in [3.05, 3.63) is 35.4 Å². The molecule has 0 heterocycles. The Morgan fingerprint density at radius 3 is 2.76 bits per heavy atom. The van der Waals surface area contributed by atoms with Crippen LogP contribution in [0.5, 0.6) is 0 Å². The maximum absolute atomic E-state index is 11.6. The van der Waals surface area contributed by atoms with Crippen molar-refractivity contribution in [3.63, 3.8) is 0 Å². The molecule has 3 nitrogen and oxygen atoms in total. The Balaban J connectivity index is 2.61. The van der Waals surface area contributed by atoms with E-state index in [1.165, 1.54) is 0 Å². The summed E-state index contributed by atoms with van der Waals surface area (Å²) in [4.78, 5) is 11.6. The van der Waals surface area contributed by atoms with Gasteiger partial charge in [0.2, 0.25) is 0 Å². The highest BCUT2D eigenvalue weighted by Gasteiger charge is 2.07. The van der Waals surface area contributed by atoms with Crippen molar-refractivity contribution in [2.45, 2.75) is 39.9 Å². The number of ether oxygens (including phenoxy) is 2. The van der Waals surface area contributed by atoms with Gasteiger partial charge < -0.3 is 9.47 Å². The van der Waals surface area contributed by atoms with Crippen LogP contribution < -0.4 is 0 Å². The zero-order chi connectivity index (χ0) is 12.7. The molecule has 94 valence electrons. The Morgan fingerprint density at radius 1 is 1.35 bits per heavy atom. The van der Waals surface area contributed by atoms with Gasteiger partial charge in [-0.15, -0.1) is 0 Å². The molecule has 0 amide bonds. The van der Waals surface area contributed by atoms with Gasteiger partial charge in [-0.3, -0.25) is 0 Å². The van der Waals surface area contributed by atoms with Gasteiger partial charge in [0.05, 0.1) is 24.9 Å². The summed E-state index contributed by atoms with van der Waals surface area (Å²) >= 11 is 0. The molecule has 0 fully saturated rings. The van der Waals surface area contributed by atoms with Crippen LogP contribution in [0.25, 0.3) is 0 Å². The lowest BCUT2D eigenvalue weighted by molar-refractivity contribution is 0.0503. The van der Waals surface area contributed by atoms with Gasteiger partial charge in [-0.2, -0.15) is 0 Å². The Kier molecular flexibility index (Phi) is 5.70. The van der Waals surface area contributed by atoms with Crippen molar-refractivity contribution in [3.8, 4) is 0 Å². The monoisotopic (exact) mass is 236 g/mol. The first kappa shape index (κ1) is 13.7. The van der Waals surface area contributed by atoms with Crippen LogP contribution in [0.2, 0.25) is 0 Å². The van der Waals surface area contributed by atoms with Gasteiger partial charge in [-0.1, -0.05) is 19.1 Å². The molecule has 0 radical (unpaired) electrons. The van der Waals surface area contributed by atoms with E-state index < -0.39 is 0 Å². The maximum Gasteiger partial charge on any atom is 0.338 e. The Morgan fingerprint density at radius 2 is 2.12 bits per heavy atom. The molecule has 0 atom stereocenters. The summed E-state index contributed by atoms with van der Waals surface area (Å²) in [6.07, 6.45) is 1.02. The SMILES string of the molecule is CCCOC(=O)c1cccc(COC(C)C)c1. The largest absolute Gasteiger partial charge is 0.462 e. The summed E-state index contributed by atoms with van der Waals surface area (Å²) in [6, 6.07) is 7.37. The third-order valence-electron chi connectivity index (χ3n) is 2.18. The fourth-order valence-electron chi connectivity index (χ4n) is 1.33. The van der Waals surface area contributed by atoms with Crippen LogP contribution in [0.4, 0.5) is 0 Å². The predicted molar refractivity (Wildman–Crippen MR) is 66.9 cm³/mol. The molecule has 0 saturated heterocycles. The molecular weight excluding hydrogens is 216 g/mol. The zero-order valence-electron chi connectivity index (χ0n) is 10.7. The van der Waals surface area contributed by atoms with Crippen molar-refractivity contribution >= 4 is 5.97 Å².